The van der Waals surface area contributed by atoms with Crippen LogP contribution in [0.25, 0.3) is 0 Å². The Morgan fingerprint density at radius 1 is 1.47 bits per heavy atom. The van der Waals surface area contributed by atoms with Crippen molar-refractivity contribution in [1.82, 2.24) is 5.32 Å². The number of hydrogen-bond donors (Lipinski definition) is 3. The maximum absolute atomic E-state index is 13.7. The summed E-state index contributed by atoms with van der Waals surface area (Å²) in [7, 11) is 0. The monoisotopic (exact) mass is 267 g/mol. The topological polar surface area (TPSA) is 88.2 Å². The summed E-state index contributed by atoms with van der Waals surface area (Å²) in [5.41, 5.74) is 5.26. The Hall–Kier alpha value is -2.11. The van der Waals surface area contributed by atoms with Crippen LogP contribution >= 0.6 is 0 Å². The maximum atomic E-state index is 13.7. The van der Waals surface area contributed by atoms with Crippen LogP contribution in [-0.4, -0.2) is 17.5 Å². The van der Waals surface area contributed by atoms with E-state index in [1.807, 2.05) is 0 Å². The lowest BCUT2D eigenvalue weighted by Crippen LogP contribution is -2.32. The van der Waals surface area contributed by atoms with Crippen molar-refractivity contribution in [2.45, 2.75) is 32.9 Å². The molecule has 19 heavy (non-hydrogen) atoms. The Morgan fingerprint density at radius 2 is 2.11 bits per heavy atom. The van der Waals surface area contributed by atoms with Crippen LogP contribution in [0.15, 0.2) is 18.2 Å². The van der Waals surface area contributed by atoms with Crippen LogP contribution in [0, 0.1) is 11.2 Å². The zero-order valence-electron chi connectivity index (χ0n) is 11.2. The van der Waals surface area contributed by atoms with Gasteiger partial charge in [-0.3, -0.25) is 5.41 Å². The number of carbonyl (C=O) groups excluding carboxylic acids is 1. The first kappa shape index (κ1) is 14.9. The van der Waals surface area contributed by atoms with Gasteiger partial charge in [-0.25, -0.2) is 9.18 Å². The van der Waals surface area contributed by atoms with Gasteiger partial charge in [-0.15, -0.1) is 0 Å². The zero-order valence-corrected chi connectivity index (χ0v) is 11.2. The van der Waals surface area contributed by atoms with Crippen molar-refractivity contribution >= 4 is 11.9 Å². The second-order valence-corrected chi connectivity index (χ2v) is 5.08. The minimum Gasteiger partial charge on any atom is -0.444 e. The van der Waals surface area contributed by atoms with Gasteiger partial charge in [-0.2, -0.15) is 0 Å². The molecule has 0 bridgehead atoms. The first-order chi connectivity index (χ1) is 8.69. The summed E-state index contributed by atoms with van der Waals surface area (Å²) in [4.78, 5) is 11.4. The van der Waals surface area contributed by atoms with Crippen molar-refractivity contribution in [1.29, 1.82) is 5.41 Å². The van der Waals surface area contributed by atoms with Crippen LogP contribution in [0.5, 0.6) is 0 Å². The first-order valence-corrected chi connectivity index (χ1v) is 5.79. The van der Waals surface area contributed by atoms with Gasteiger partial charge in [-0.1, -0.05) is 12.1 Å². The number of rotatable bonds is 3. The maximum Gasteiger partial charge on any atom is 0.407 e. The molecule has 0 unspecified atom stereocenters. The van der Waals surface area contributed by atoms with E-state index in [1.54, 1.807) is 20.8 Å². The summed E-state index contributed by atoms with van der Waals surface area (Å²) in [6.45, 7) is 5.25. The Labute approximate surface area is 111 Å². The first-order valence-electron chi connectivity index (χ1n) is 5.79. The van der Waals surface area contributed by atoms with Crippen LogP contribution in [-0.2, 0) is 11.3 Å². The zero-order chi connectivity index (χ0) is 14.6. The summed E-state index contributed by atoms with van der Waals surface area (Å²) < 4.78 is 18.7. The number of alkyl carbamates (subject to hydrolysis) is 1. The second-order valence-electron chi connectivity index (χ2n) is 5.08. The van der Waals surface area contributed by atoms with Crippen molar-refractivity contribution in [3.63, 3.8) is 0 Å². The normalized spacial score (nSPS) is 10.9. The van der Waals surface area contributed by atoms with Crippen molar-refractivity contribution in [2.75, 3.05) is 0 Å². The van der Waals surface area contributed by atoms with Gasteiger partial charge in [0.1, 0.15) is 17.3 Å². The average Bonchev–Trinajstić information content (AvgIpc) is 2.24. The molecular weight excluding hydrogens is 249 g/mol. The summed E-state index contributed by atoms with van der Waals surface area (Å²) in [5.74, 6) is -0.727. The average molecular weight is 267 g/mol. The predicted octanol–water partition coefficient (Wildman–Crippen LogP) is 2.13. The van der Waals surface area contributed by atoms with Gasteiger partial charge in [0.2, 0.25) is 0 Å². The van der Waals surface area contributed by atoms with Crippen molar-refractivity contribution < 1.29 is 13.9 Å². The standard InChI is InChI=1S/C13H18FN3O2/c1-13(2,3)19-12(18)17-7-9-5-4-8(11(15)16)6-10(9)14/h4-6H,7H2,1-3H3,(H3,15,16)(H,17,18). The number of amides is 1. The molecule has 0 atom stereocenters. The highest BCUT2D eigenvalue weighted by molar-refractivity contribution is 5.94. The molecule has 0 fully saturated rings. The van der Waals surface area contributed by atoms with E-state index in [1.165, 1.54) is 12.1 Å². The summed E-state index contributed by atoms with van der Waals surface area (Å²) >= 11 is 0. The highest BCUT2D eigenvalue weighted by Gasteiger charge is 2.16. The smallest absolute Gasteiger partial charge is 0.407 e. The number of benzene rings is 1. The van der Waals surface area contributed by atoms with Gasteiger partial charge >= 0.3 is 6.09 Å². The molecule has 5 nitrogen and oxygen atoms in total. The molecule has 0 saturated carbocycles. The van der Waals surface area contributed by atoms with Crippen LogP contribution in [0.1, 0.15) is 31.9 Å². The molecule has 0 aliphatic carbocycles. The summed E-state index contributed by atoms with van der Waals surface area (Å²) in [5, 5.41) is 9.65. The van der Waals surface area contributed by atoms with E-state index in [0.717, 1.165) is 6.07 Å². The highest BCUT2D eigenvalue weighted by atomic mass is 19.1. The van der Waals surface area contributed by atoms with E-state index < -0.39 is 17.5 Å². The SMILES string of the molecule is CC(C)(C)OC(=O)NCc1ccc(C(=N)N)cc1F. The molecule has 4 N–H and O–H groups in total. The predicted molar refractivity (Wildman–Crippen MR) is 70.5 cm³/mol. The highest BCUT2D eigenvalue weighted by Crippen LogP contribution is 2.11. The molecule has 0 aromatic heterocycles. The molecule has 104 valence electrons. The van der Waals surface area contributed by atoms with Crippen LogP contribution in [0.4, 0.5) is 9.18 Å². The quantitative estimate of drug-likeness (QED) is 0.579. The molecule has 0 heterocycles. The lowest BCUT2D eigenvalue weighted by atomic mass is 10.1. The third-order valence-electron chi connectivity index (χ3n) is 2.19. The molecule has 0 spiro atoms. The summed E-state index contributed by atoms with van der Waals surface area (Å²) in [6.07, 6.45) is -0.609. The number of ether oxygens (including phenoxy) is 1. The lowest BCUT2D eigenvalue weighted by Gasteiger charge is -2.19. The van der Waals surface area contributed by atoms with Crippen LogP contribution in [0.2, 0.25) is 0 Å². The van der Waals surface area contributed by atoms with E-state index in [9.17, 15) is 9.18 Å². The Morgan fingerprint density at radius 3 is 2.58 bits per heavy atom. The Bertz CT molecular complexity index is 495. The number of halogens is 1. The molecule has 0 radical (unpaired) electrons. The van der Waals surface area contributed by atoms with E-state index in [2.05, 4.69) is 5.32 Å². The minimum absolute atomic E-state index is 0.0128. The fourth-order valence-corrected chi connectivity index (χ4v) is 1.34. The number of nitrogens with two attached hydrogens (primary N) is 1. The fourth-order valence-electron chi connectivity index (χ4n) is 1.34. The molecule has 0 aliphatic rings. The molecular formula is C13H18FN3O2. The number of nitrogen functional groups attached to an aromatic ring is 1. The van der Waals surface area contributed by atoms with Crippen molar-refractivity contribution in [2.24, 2.45) is 5.73 Å². The van der Waals surface area contributed by atoms with E-state index in [4.69, 9.17) is 15.9 Å². The van der Waals surface area contributed by atoms with Crippen LogP contribution in [0.3, 0.4) is 0 Å². The summed E-state index contributed by atoms with van der Waals surface area (Å²) in [6, 6.07) is 4.16. The third-order valence-corrected chi connectivity index (χ3v) is 2.19. The fraction of sp³-hybridized carbons (Fsp3) is 0.385. The minimum atomic E-state index is -0.609. The number of nitrogens with one attached hydrogen (secondary N) is 2. The molecule has 0 aliphatic heterocycles. The molecule has 0 saturated heterocycles. The molecule has 1 aromatic rings. The molecule has 1 aromatic carbocycles. The van der Waals surface area contributed by atoms with Gasteiger partial charge in [0.05, 0.1) is 0 Å². The molecule has 1 rings (SSSR count). The third kappa shape index (κ3) is 4.95. The van der Waals surface area contributed by atoms with Crippen LogP contribution < -0.4 is 11.1 Å². The number of carbonyl (C=O) groups is 1. The van der Waals surface area contributed by atoms with Gasteiger partial charge < -0.3 is 15.8 Å². The van der Waals surface area contributed by atoms with Gasteiger partial charge in [0, 0.05) is 17.7 Å². The van der Waals surface area contributed by atoms with E-state index >= 15 is 0 Å². The van der Waals surface area contributed by atoms with Crippen molar-refractivity contribution in [3.05, 3.63) is 35.1 Å². The lowest BCUT2D eigenvalue weighted by molar-refractivity contribution is 0.0523. The van der Waals surface area contributed by atoms with Gasteiger partial charge in [-0.05, 0) is 26.8 Å². The number of amidine groups is 1. The number of hydrogen-bond acceptors (Lipinski definition) is 3. The Balaban J connectivity index is 2.64. The Kier molecular flexibility index (Phi) is 4.47. The van der Waals surface area contributed by atoms with Gasteiger partial charge in [0.15, 0.2) is 0 Å². The van der Waals surface area contributed by atoms with Gasteiger partial charge in [0.25, 0.3) is 0 Å². The molecule has 6 heteroatoms. The van der Waals surface area contributed by atoms with Crippen molar-refractivity contribution in [3.8, 4) is 0 Å². The van der Waals surface area contributed by atoms with E-state index in [-0.39, 0.29) is 12.4 Å². The van der Waals surface area contributed by atoms with E-state index in [0.29, 0.717) is 11.1 Å². The second kappa shape index (κ2) is 5.69. The largest absolute Gasteiger partial charge is 0.444 e. The molecule has 1 amide bonds.